The third-order valence-corrected chi connectivity index (χ3v) is 5.51. The van der Waals surface area contributed by atoms with E-state index < -0.39 is 27.8 Å². The molecule has 0 radical (unpaired) electrons. The number of carbonyl (C=O) groups is 2. The molecule has 0 heterocycles. The van der Waals surface area contributed by atoms with Gasteiger partial charge in [-0.1, -0.05) is 31.2 Å². The Bertz CT molecular complexity index is 970. The minimum absolute atomic E-state index is 0.0483. The molecule has 0 saturated heterocycles. The zero-order valence-corrected chi connectivity index (χ0v) is 16.1. The second-order valence-electron chi connectivity index (χ2n) is 6.35. The summed E-state index contributed by atoms with van der Waals surface area (Å²) in [4.78, 5) is 23.2. The second-order valence-corrected chi connectivity index (χ2v) is 8.03. The van der Waals surface area contributed by atoms with E-state index in [-0.39, 0.29) is 17.0 Å². The summed E-state index contributed by atoms with van der Waals surface area (Å²) >= 11 is 0. The van der Waals surface area contributed by atoms with Crippen LogP contribution in [0.15, 0.2) is 47.4 Å². The lowest BCUT2D eigenvalue weighted by Gasteiger charge is -2.13. The van der Waals surface area contributed by atoms with Crippen LogP contribution in [0, 0.1) is 19.8 Å². The number of nitrogens with one attached hydrogen (secondary N) is 2. The van der Waals surface area contributed by atoms with Crippen molar-refractivity contribution in [1.82, 2.24) is 5.32 Å². The molecule has 144 valence electrons. The predicted octanol–water partition coefficient (Wildman–Crippen LogP) is 2.55. The Morgan fingerprint density at radius 3 is 2.37 bits per heavy atom. The van der Waals surface area contributed by atoms with Gasteiger partial charge in [-0.2, -0.15) is 0 Å². The fourth-order valence-electron chi connectivity index (χ4n) is 2.33. The Labute approximate surface area is 158 Å². The highest BCUT2D eigenvalue weighted by molar-refractivity contribution is 7.92. The molecule has 8 heteroatoms. The van der Waals surface area contributed by atoms with Gasteiger partial charge < -0.3 is 10.4 Å². The first-order valence-electron chi connectivity index (χ1n) is 8.32. The molecule has 0 aromatic heterocycles. The van der Waals surface area contributed by atoms with Gasteiger partial charge in [0.05, 0.1) is 16.5 Å². The number of sulfonamides is 1. The van der Waals surface area contributed by atoms with E-state index >= 15 is 0 Å². The van der Waals surface area contributed by atoms with Gasteiger partial charge in [0.2, 0.25) is 0 Å². The maximum absolute atomic E-state index is 12.7. The molecule has 2 aromatic rings. The van der Waals surface area contributed by atoms with E-state index in [0.717, 1.165) is 5.56 Å². The molecule has 27 heavy (non-hydrogen) atoms. The largest absolute Gasteiger partial charge is 0.481 e. The van der Waals surface area contributed by atoms with E-state index in [1.807, 2.05) is 0 Å². The quantitative estimate of drug-likeness (QED) is 0.672. The number of para-hydroxylation sites is 1. The zero-order chi connectivity index (χ0) is 20.2. The number of amides is 1. The average Bonchev–Trinajstić information content (AvgIpc) is 2.61. The maximum Gasteiger partial charge on any atom is 0.308 e. The summed E-state index contributed by atoms with van der Waals surface area (Å²) in [6, 6.07) is 11.2. The van der Waals surface area contributed by atoms with Crippen LogP contribution in [0.2, 0.25) is 0 Å². The number of rotatable bonds is 7. The number of aryl methyl sites for hydroxylation is 2. The molecule has 0 aliphatic rings. The SMILES string of the molecule is Cc1ccccc1NS(=O)(=O)c1ccc(C)c(C(=O)NCC(C)C(=O)O)c1. The van der Waals surface area contributed by atoms with Gasteiger partial charge in [0.1, 0.15) is 0 Å². The number of hydrogen-bond donors (Lipinski definition) is 3. The fraction of sp³-hybridized carbons (Fsp3) is 0.263. The van der Waals surface area contributed by atoms with Crippen LogP contribution >= 0.6 is 0 Å². The number of carboxylic acids is 1. The van der Waals surface area contributed by atoms with E-state index in [2.05, 4.69) is 10.0 Å². The van der Waals surface area contributed by atoms with Crippen molar-refractivity contribution in [2.24, 2.45) is 5.92 Å². The molecular formula is C19H22N2O5S. The lowest BCUT2D eigenvalue weighted by atomic mass is 10.1. The van der Waals surface area contributed by atoms with E-state index in [9.17, 15) is 18.0 Å². The van der Waals surface area contributed by atoms with Gasteiger partial charge in [0, 0.05) is 12.1 Å². The highest BCUT2D eigenvalue weighted by Gasteiger charge is 2.20. The van der Waals surface area contributed by atoms with Crippen LogP contribution < -0.4 is 10.0 Å². The van der Waals surface area contributed by atoms with Gasteiger partial charge in [0.25, 0.3) is 15.9 Å². The van der Waals surface area contributed by atoms with Crippen molar-refractivity contribution in [3.05, 3.63) is 59.2 Å². The summed E-state index contributed by atoms with van der Waals surface area (Å²) in [5.74, 6) is -2.29. The smallest absolute Gasteiger partial charge is 0.308 e. The van der Waals surface area contributed by atoms with Gasteiger partial charge in [-0.15, -0.1) is 0 Å². The zero-order valence-electron chi connectivity index (χ0n) is 15.3. The molecule has 0 saturated carbocycles. The Kier molecular flexibility index (Phi) is 6.22. The molecule has 2 rings (SSSR count). The van der Waals surface area contributed by atoms with Crippen LogP contribution in [0.1, 0.15) is 28.4 Å². The molecular weight excluding hydrogens is 368 g/mol. The molecule has 7 nitrogen and oxygen atoms in total. The van der Waals surface area contributed by atoms with Crippen LogP contribution in [0.25, 0.3) is 0 Å². The van der Waals surface area contributed by atoms with Gasteiger partial charge in [-0.25, -0.2) is 8.42 Å². The van der Waals surface area contributed by atoms with Crippen LogP contribution in [0.4, 0.5) is 5.69 Å². The lowest BCUT2D eigenvalue weighted by Crippen LogP contribution is -2.32. The number of anilines is 1. The van der Waals surface area contributed by atoms with Crippen molar-refractivity contribution >= 4 is 27.6 Å². The predicted molar refractivity (Wildman–Crippen MR) is 102 cm³/mol. The van der Waals surface area contributed by atoms with Crippen LogP contribution in [-0.4, -0.2) is 31.9 Å². The van der Waals surface area contributed by atoms with Crippen molar-refractivity contribution in [2.45, 2.75) is 25.7 Å². The van der Waals surface area contributed by atoms with Crippen LogP contribution in [0.5, 0.6) is 0 Å². The molecule has 0 spiro atoms. The highest BCUT2D eigenvalue weighted by Crippen LogP contribution is 2.21. The monoisotopic (exact) mass is 390 g/mol. The highest BCUT2D eigenvalue weighted by atomic mass is 32.2. The molecule has 0 aliphatic heterocycles. The Hall–Kier alpha value is -2.87. The number of aliphatic carboxylic acids is 1. The second kappa shape index (κ2) is 8.22. The van der Waals surface area contributed by atoms with Crippen molar-refractivity contribution in [3.63, 3.8) is 0 Å². The molecule has 2 aromatic carbocycles. The fourth-order valence-corrected chi connectivity index (χ4v) is 3.49. The standard InChI is InChI=1S/C19H22N2O5S/c1-12-8-9-15(10-16(12)18(22)20-11-14(3)19(23)24)27(25,26)21-17-7-5-4-6-13(17)2/h4-10,14,21H,11H2,1-3H3,(H,20,22)(H,23,24). The van der Waals surface area contributed by atoms with Crippen LogP contribution in [0.3, 0.4) is 0 Å². The lowest BCUT2D eigenvalue weighted by molar-refractivity contribution is -0.140. The van der Waals surface area contributed by atoms with Crippen molar-refractivity contribution in [3.8, 4) is 0 Å². The summed E-state index contributed by atoms with van der Waals surface area (Å²) in [6.07, 6.45) is 0. The first kappa shape index (κ1) is 20.4. The topological polar surface area (TPSA) is 113 Å². The number of benzene rings is 2. The Morgan fingerprint density at radius 1 is 1.07 bits per heavy atom. The number of carboxylic acid groups (broad SMARTS) is 1. The third kappa shape index (κ3) is 5.07. The summed E-state index contributed by atoms with van der Waals surface area (Å²) in [6.45, 7) is 4.89. The minimum atomic E-state index is -3.88. The molecule has 0 aliphatic carbocycles. The molecule has 1 unspecified atom stereocenters. The number of carbonyl (C=O) groups excluding carboxylic acids is 1. The third-order valence-electron chi connectivity index (χ3n) is 4.14. The first-order valence-corrected chi connectivity index (χ1v) is 9.80. The van der Waals surface area contributed by atoms with E-state index in [1.165, 1.54) is 19.1 Å². The Balaban J connectivity index is 2.26. The normalized spacial score (nSPS) is 12.3. The average molecular weight is 390 g/mol. The summed E-state index contributed by atoms with van der Waals surface area (Å²) in [7, 11) is -3.88. The maximum atomic E-state index is 12.7. The van der Waals surface area contributed by atoms with Gasteiger partial charge in [-0.05, 0) is 43.2 Å². The molecule has 1 atom stereocenters. The molecule has 1 amide bonds. The van der Waals surface area contributed by atoms with E-state index in [1.54, 1.807) is 44.2 Å². The van der Waals surface area contributed by atoms with Gasteiger partial charge >= 0.3 is 5.97 Å². The summed E-state index contributed by atoms with van der Waals surface area (Å²) in [5.41, 5.74) is 2.00. The van der Waals surface area contributed by atoms with Crippen LogP contribution in [-0.2, 0) is 14.8 Å². The summed E-state index contributed by atoms with van der Waals surface area (Å²) < 4.78 is 27.9. The van der Waals surface area contributed by atoms with Crippen molar-refractivity contribution in [1.29, 1.82) is 0 Å². The van der Waals surface area contributed by atoms with Gasteiger partial charge in [0.15, 0.2) is 0 Å². The van der Waals surface area contributed by atoms with E-state index in [0.29, 0.717) is 11.3 Å². The van der Waals surface area contributed by atoms with Gasteiger partial charge in [-0.3, -0.25) is 14.3 Å². The van der Waals surface area contributed by atoms with Crippen molar-refractivity contribution < 1.29 is 23.1 Å². The summed E-state index contributed by atoms with van der Waals surface area (Å²) in [5, 5.41) is 11.4. The molecule has 3 N–H and O–H groups in total. The first-order chi connectivity index (χ1) is 12.6. The molecule has 0 fully saturated rings. The molecule has 0 bridgehead atoms. The minimum Gasteiger partial charge on any atom is -0.481 e. The number of hydrogen-bond acceptors (Lipinski definition) is 4. The van der Waals surface area contributed by atoms with E-state index in [4.69, 9.17) is 5.11 Å². The Morgan fingerprint density at radius 2 is 1.74 bits per heavy atom. The van der Waals surface area contributed by atoms with Crippen molar-refractivity contribution in [2.75, 3.05) is 11.3 Å².